The fraction of sp³-hybridized carbons (Fsp3) is 0.556. The molecule has 0 aromatic heterocycles. The molecule has 0 aliphatic carbocycles. The van der Waals surface area contributed by atoms with Gasteiger partial charge in [0.1, 0.15) is 11.8 Å². The number of carbonyl (C=O) groups is 2. The number of rotatable bonds is 6. The van der Waals surface area contributed by atoms with E-state index in [-0.39, 0.29) is 31.4 Å². The molecule has 0 radical (unpaired) electrons. The van der Waals surface area contributed by atoms with Gasteiger partial charge in [0.05, 0.1) is 25.9 Å². The molecule has 0 spiro atoms. The number of β-amino-alcohol motifs (C(OH)–C–C–N with tert-alkyl or cyclic N) is 1. The number of anilines is 1. The molecule has 0 bridgehead atoms. The number of aliphatic hydroxyl groups is 1. The minimum Gasteiger partial charge on any atom is -0.494 e. The number of ether oxygens (including phenoxy) is 2. The molecule has 1 aromatic carbocycles. The molecule has 7 heteroatoms. The maximum atomic E-state index is 12.5. The number of likely N-dealkylation sites (tertiary alicyclic amines) is 1. The molecule has 1 saturated heterocycles. The quantitative estimate of drug-likeness (QED) is 0.821. The first-order chi connectivity index (χ1) is 11.9. The fourth-order valence-electron chi connectivity index (χ4n) is 2.61. The second-order valence-corrected chi connectivity index (χ2v) is 6.48. The third-order valence-corrected chi connectivity index (χ3v) is 3.79. The summed E-state index contributed by atoms with van der Waals surface area (Å²) < 4.78 is 10.5. The van der Waals surface area contributed by atoms with Gasteiger partial charge >= 0.3 is 6.09 Å². The van der Waals surface area contributed by atoms with E-state index in [4.69, 9.17) is 9.47 Å². The molecule has 2 rings (SSSR count). The van der Waals surface area contributed by atoms with Gasteiger partial charge in [-0.2, -0.15) is 0 Å². The van der Waals surface area contributed by atoms with E-state index >= 15 is 0 Å². The number of hydrogen-bond acceptors (Lipinski definition) is 5. The molecule has 1 aliphatic rings. The maximum Gasteiger partial charge on any atom is 0.410 e. The highest BCUT2D eigenvalue weighted by Crippen LogP contribution is 2.22. The van der Waals surface area contributed by atoms with Crippen molar-refractivity contribution >= 4 is 17.7 Å². The first-order valence-corrected chi connectivity index (χ1v) is 8.55. The van der Waals surface area contributed by atoms with Crippen LogP contribution in [0.4, 0.5) is 10.5 Å². The van der Waals surface area contributed by atoms with Crippen molar-refractivity contribution < 1.29 is 24.2 Å². The second kappa shape index (κ2) is 8.71. The smallest absolute Gasteiger partial charge is 0.410 e. The van der Waals surface area contributed by atoms with Crippen molar-refractivity contribution in [1.29, 1.82) is 0 Å². The van der Waals surface area contributed by atoms with Gasteiger partial charge in [-0.05, 0) is 37.1 Å². The van der Waals surface area contributed by atoms with Crippen LogP contribution in [0.25, 0.3) is 0 Å². The summed E-state index contributed by atoms with van der Waals surface area (Å²) in [4.78, 5) is 26.0. The monoisotopic (exact) mass is 350 g/mol. The maximum absolute atomic E-state index is 12.5. The molecule has 2 atom stereocenters. The number of aliphatic hydroxyl groups excluding tert-OH is 1. The van der Waals surface area contributed by atoms with Crippen molar-refractivity contribution in [2.75, 3.05) is 25.1 Å². The molecule has 1 heterocycles. The number of hydrogen-bond donors (Lipinski definition) is 2. The van der Waals surface area contributed by atoms with Crippen molar-refractivity contribution in [1.82, 2.24) is 4.90 Å². The third-order valence-electron chi connectivity index (χ3n) is 3.79. The van der Waals surface area contributed by atoms with Crippen LogP contribution in [-0.4, -0.2) is 53.9 Å². The van der Waals surface area contributed by atoms with Crippen LogP contribution in [0.5, 0.6) is 5.75 Å². The molecule has 1 aromatic rings. The van der Waals surface area contributed by atoms with E-state index < -0.39 is 18.2 Å². The first-order valence-electron chi connectivity index (χ1n) is 8.55. The summed E-state index contributed by atoms with van der Waals surface area (Å²) in [6, 6.07) is 6.24. The number of nitrogens with zero attached hydrogens (tertiary/aromatic N) is 1. The third kappa shape index (κ3) is 5.35. The Balaban J connectivity index is 1.99. The Bertz CT molecular complexity index is 588. The summed E-state index contributed by atoms with van der Waals surface area (Å²) in [6.07, 6.45) is -1.11. The lowest BCUT2D eigenvalue weighted by Crippen LogP contribution is -2.43. The minimum atomic E-state index is -0.749. The number of nitrogens with one attached hydrogen (secondary N) is 1. The van der Waals surface area contributed by atoms with Crippen molar-refractivity contribution in [2.24, 2.45) is 5.92 Å². The van der Waals surface area contributed by atoms with Gasteiger partial charge in [0.15, 0.2) is 0 Å². The van der Waals surface area contributed by atoms with Crippen molar-refractivity contribution in [2.45, 2.75) is 39.3 Å². The molecule has 1 aliphatic heterocycles. The van der Waals surface area contributed by atoms with Gasteiger partial charge in [0.2, 0.25) is 5.91 Å². The molecule has 0 saturated carbocycles. The SMILES string of the molecule is CCOc1ccc(NC(=O)[C@@H]2C[C@@H](O)CN2C(=O)OCC(C)C)cc1. The van der Waals surface area contributed by atoms with Gasteiger partial charge in [-0.1, -0.05) is 13.8 Å². The molecule has 138 valence electrons. The number of benzene rings is 1. The Morgan fingerprint density at radius 1 is 1.32 bits per heavy atom. The van der Waals surface area contributed by atoms with Gasteiger partial charge in [-0.3, -0.25) is 9.69 Å². The van der Waals surface area contributed by atoms with Gasteiger partial charge in [0.25, 0.3) is 0 Å². The largest absolute Gasteiger partial charge is 0.494 e. The number of carbonyl (C=O) groups excluding carboxylic acids is 2. The zero-order valence-corrected chi connectivity index (χ0v) is 14.9. The average Bonchev–Trinajstić information content (AvgIpc) is 2.97. The van der Waals surface area contributed by atoms with Gasteiger partial charge < -0.3 is 19.9 Å². The highest BCUT2D eigenvalue weighted by atomic mass is 16.6. The molecule has 25 heavy (non-hydrogen) atoms. The van der Waals surface area contributed by atoms with Gasteiger partial charge in [-0.15, -0.1) is 0 Å². The van der Waals surface area contributed by atoms with Crippen molar-refractivity contribution in [3.05, 3.63) is 24.3 Å². The van der Waals surface area contributed by atoms with E-state index in [0.717, 1.165) is 5.75 Å². The van der Waals surface area contributed by atoms with Crippen LogP contribution in [0.2, 0.25) is 0 Å². The van der Waals surface area contributed by atoms with E-state index in [1.807, 2.05) is 20.8 Å². The van der Waals surface area contributed by atoms with Gasteiger partial charge in [0, 0.05) is 12.1 Å². The Labute approximate surface area is 147 Å². The second-order valence-electron chi connectivity index (χ2n) is 6.48. The number of amides is 2. The summed E-state index contributed by atoms with van der Waals surface area (Å²) in [6.45, 7) is 6.70. The molecular formula is C18H26N2O5. The van der Waals surface area contributed by atoms with E-state index in [1.165, 1.54) is 4.90 Å². The lowest BCUT2D eigenvalue weighted by atomic mass is 10.2. The Kier molecular flexibility index (Phi) is 6.64. The molecule has 1 fully saturated rings. The fourth-order valence-corrected chi connectivity index (χ4v) is 2.61. The zero-order valence-electron chi connectivity index (χ0n) is 14.9. The highest BCUT2D eigenvalue weighted by molar-refractivity contribution is 5.97. The topological polar surface area (TPSA) is 88.1 Å². The zero-order chi connectivity index (χ0) is 18.4. The van der Waals surface area contributed by atoms with Crippen LogP contribution in [0.1, 0.15) is 27.2 Å². The summed E-state index contributed by atoms with van der Waals surface area (Å²) >= 11 is 0. The van der Waals surface area contributed by atoms with Crippen LogP contribution < -0.4 is 10.1 Å². The summed E-state index contributed by atoms with van der Waals surface area (Å²) in [5.41, 5.74) is 0.602. The first kappa shape index (κ1) is 19.1. The van der Waals surface area contributed by atoms with E-state index in [2.05, 4.69) is 5.32 Å². The predicted octanol–water partition coefficient (Wildman–Crippen LogP) is 2.25. The van der Waals surface area contributed by atoms with Crippen molar-refractivity contribution in [3.63, 3.8) is 0 Å². The molecule has 0 unspecified atom stereocenters. The van der Waals surface area contributed by atoms with Crippen LogP contribution in [0.15, 0.2) is 24.3 Å². The minimum absolute atomic E-state index is 0.0955. The predicted molar refractivity (Wildman–Crippen MR) is 93.5 cm³/mol. The summed E-state index contributed by atoms with van der Waals surface area (Å²) in [5, 5.41) is 12.6. The Hall–Kier alpha value is -2.28. The van der Waals surface area contributed by atoms with E-state index in [1.54, 1.807) is 24.3 Å². The Morgan fingerprint density at radius 2 is 2.00 bits per heavy atom. The van der Waals surface area contributed by atoms with Crippen LogP contribution in [0.3, 0.4) is 0 Å². The molecular weight excluding hydrogens is 324 g/mol. The highest BCUT2D eigenvalue weighted by Gasteiger charge is 2.39. The van der Waals surface area contributed by atoms with Gasteiger partial charge in [-0.25, -0.2) is 4.79 Å². The Morgan fingerprint density at radius 3 is 2.60 bits per heavy atom. The lowest BCUT2D eigenvalue weighted by Gasteiger charge is -2.23. The molecule has 2 amide bonds. The van der Waals surface area contributed by atoms with E-state index in [0.29, 0.717) is 12.3 Å². The average molecular weight is 350 g/mol. The molecule has 7 nitrogen and oxygen atoms in total. The normalized spacial score (nSPS) is 19.8. The summed E-state index contributed by atoms with van der Waals surface area (Å²) in [5.74, 6) is 0.575. The van der Waals surface area contributed by atoms with E-state index in [9.17, 15) is 14.7 Å². The lowest BCUT2D eigenvalue weighted by molar-refractivity contribution is -0.120. The van der Waals surface area contributed by atoms with Crippen molar-refractivity contribution in [3.8, 4) is 5.75 Å². The van der Waals surface area contributed by atoms with Crippen LogP contribution in [-0.2, 0) is 9.53 Å². The van der Waals surface area contributed by atoms with Crippen LogP contribution in [0, 0.1) is 5.92 Å². The molecule has 2 N–H and O–H groups in total. The van der Waals surface area contributed by atoms with Crippen LogP contribution >= 0.6 is 0 Å². The summed E-state index contributed by atoms with van der Waals surface area (Å²) in [7, 11) is 0. The standard InChI is InChI=1S/C18H26N2O5/c1-4-24-15-7-5-13(6-8-15)19-17(22)16-9-14(21)10-20(16)18(23)25-11-12(2)3/h5-8,12,14,16,21H,4,9-11H2,1-3H3,(H,19,22)/t14-,16+/m1/s1.